The number of carboxylic acid groups (broad SMARTS) is 1. The summed E-state index contributed by atoms with van der Waals surface area (Å²) in [7, 11) is -1.32. The molecule has 1 aliphatic rings. The van der Waals surface area contributed by atoms with Crippen molar-refractivity contribution in [3.05, 3.63) is 34.9 Å². The summed E-state index contributed by atoms with van der Waals surface area (Å²) >= 11 is 0.461. The highest BCUT2D eigenvalue weighted by atomic mass is 32.2. The molecule has 7 nitrogen and oxygen atoms in total. The molecule has 170 valence electrons. The molecule has 0 bridgehead atoms. The van der Waals surface area contributed by atoms with E-state index in [4.69, 9.17) is 6.96 Å². The average molecular weight is 451 g/mol. The number of amides is 2. The third-order valence-corrected chi connectivity index (χ3v) is 5.98. The lowest BCUT2D eigenvalue weighted by atomic mass is 9.84. The molecule has 0 aliphatic heterocycles. The van der Waals surface area contributed by atoms with Gasteiger partial charge in [-0.3, -0.25) is 9.59 Å². The van der Waals surface area contributed by atoms with Gasteiger partial charge in [0.15, 0.2) is 0 Å². The van der Waals surface area contributed by atoms with Gasteiger partial charge in [-0.15, -0.1) is 0 Å². The van der Waals surface area contributed by atoms with Gasteiger partial charge in [-0.1, -0.05) is 39.0 Å². The van der Waals surface area contributed by atoms with Gasteiger partial charge in [-0.05, 0) is 69.3 Å². The Morgan fingerprint density at radius 3 is 2.71 bits per heavy atom. The number of benzene rings is 1. The molecule has 0 fully saturated rings. The van der Waals surface area contributed by atoms with Gasteiger partial charge in [0.1, 0.15) is 6.04 Å². The summed E-state index contributed by atoms with van der Waals surface area (Å²) in [6, 6.07) is 4.84. The lowest BCUT2D eigenvalue weighted by Crippen LogP contribution is -2.48. The smallest absolute Gasteiger partial charge is 0.326 e. The number of fused-ring (bicyclic) bond motifs is 1. The number of aryl methyl sites for hydroxylation is 1. The minimum atomic E-state index is -1.32. The van der Waals surface area contributed by atoms with Gasteiger partial charge in [-0.25, -0.2) is 14.6 Å². The maximum Gasteiger partial charge on any atom is 0.326 e. The van der Waals surface area contributed by atoms with Crippen molar-refractivity contribution in [3.63, 3.8) is 0 Å². The molecule has 3 N–H and O–H groups in total. The summed E-state index contributed by atoms with van der Waals surface area (Å²) in [5.74, 6) is -3.62. The summed E-state index contributed by atoms with van der Waals surface area (Å²) in [4.78, 5) is 37.6. The monoisotopic (exact) mass is 451 g/mol. The summed E-state index contributed by atoms with van der Waals surface area (Å²) in [6.45, 7) is 5.43. The van der Waals surface area contributed by atoms with E-state index in [0.717, 1.165) is 31.2 Å². The van der Waals surface area contributed by atoms with Crippen LogP contribution in [-0.4, -0.2) is 38.7 Å². The molecule has 0 spiro atoms. The van der Waals surface area contributed by atoms with Crippen molar-refractivity contribution in [1.82, 2.24) is 10.8 Å². The van der Waals surface area contributed by atoms with Crippen molar-refractivity contribution in [2.75, 3.05) is 0 Å². The topological polar surface area (TPSA) is 105 Å². The molecular formula is C22H33BN2O5S. The van der Waals surface area contributed by atoms with Crippen molar-refractivity contribution in [2.45, 2.75) is 65.3 Å². The second kappa shape index (κ2) is 12.1. The zero-order valence-electron chi connectivity index (χ0n) is 20.3. The molecule has 2 rings (SSSR count). The zero-order chi connectivity index (χ0) is 24.5. The first-order chi connectivity index (χ1) is 15.6. The Hall–Kier alpha value is -2.00. The summed E-state index contributed by atoms with van der Waals surface area (Å²) in [6.07, 6.45) is 4.66. The third-order valence-electron chi connectivity index (χ3n) is 5.80. The molecule has 2 amide bonds. The SMILES string of the molecule is [2H]B([3H])SONC(=O)C(C)C(CC(C)C)C(=O)NC(Cc1cccc2c1CCCC2)C(=O)O. The molecule has 1 aliphatic carbocycles. The van der Waals surface area contributed by atoms with Crippen LogP contribution in [0.3, 0.4) is 0 Å². The number of hydrogen-bond donors (Lipinski definition) is 3. The summed E-state index contributed by atoms with van der Waals surface area (Å²) < 4.78 is 18.9. The fourth-order valence-corrected chi connectivity index (χ4v) is 4.27. The van der Waals surface area contributed by atoms with E-state index in [2.05, 4.69) is 16.9 Å². The Kier molecular flexibility index (Phi) is 8.70. The highest BCUT2D eigenvalue weighted by molar-refractivity contribution is 8.15. The molecule has 31 heavy (non-hydrogen) atoms. The van der Waals surface area contributed by atoms with Crippen LogP contribution in [0.2, 0.25) is 0 Å². The summed E-state index contributed by atoms with van der Waals surface area (Å²) in [5.41, 5.74) is 5.54. The third kappa shape index (κ3) is 7.28. The maximum absolute atomic E-state index is 13.1. The second-order valence-electron chi connectivity index (χ2n) is 8.54. The van der Waals surface area contributed by atoms with Crippen LogP contribution in [0.5, 0.6) is 0 Å². The lowest BCUT2D eigenvalue weighted by Gasteiger charge is -2.26. The van der Waals surface area contributed by atoms with Crippen LogP contribution in [-0.2, 0) is 37.9 Å². The molecule has 0 saturated heterocycles. The van der Waals surface area contributed by atoms with E-state index in [1.165, 1.54) is 11.1 Å². The standard InChI is InChI=1S/C22H33BN2O5S/c1-13(2)11-18(14(3)20(26)25-30-31-23)21(27)24-19(22(28)29)12-16-9-6-8-15-7-4-5-10-17(15)16/h6,8-9,13-14,18-19H,4-5,7,10-12,23H2,1-3H3,(H,24,27)(H,25,26)(H,28,29)/i23TD. The van der Waals surface area contributed by atoms with Gasteiger partial charge < -0.3 is 10.4 Å². The second-order valence-corrected chi connectivity index (χ2v) is 8.90. The van der Waals surface area contributed by atoms with E-state index >= 15 is 0 Å². The molecule has 0 radical (unpaired) electrons. The van der Waals surface area contributed by atoms with Crippen LogP contribution in [0, 0.1) is 17.8 Å². The van der Waals surface area contributed by atoms with Crippen LogP contribution in [0.1, 0.15) is 56.7 Å². The first kappa shape index (κ1) is 22.2. The highest BCUT2D eigenvalue weighted by Gasteiger charge is 2.33. The van der Waals surface area contributed by atoms with Crippen molar-refractivity contribution < 1.29 is 23.8 Å². The Labute approximate surface area is 192 Å². The molecule has 3 atom stereocenters. The molecule has 0 heterocycles. The van der Waals surface area contributed by atoms with Crippen LogP contribution in [0.15, 0.2) is 18.2 Å². The summed E-state index contributed by atoms with van der Waals surface area (Å²) in [5, 5.41) is 12.5. The van der Waals surface area contributed by atoms with Crippen molar-refractivity contribution in [2.24, 2.45) is 17.8 Å². The highest BCUT2D eigenvalue weighted by Crippen LogP contribution is 2.26. The lowest BCUT2D eigenvalue weighted by molar-refractivity contribution is -0.144. The molecule has 0 saturated carbocycles. The predicted molar refractivity (Wildman–Crippen MR) is 124 cm³/mol. The van der Waals surface area contributed by atoms with Crippen LogP contribution in [0.4, 0.5) is 0 Å². The van der Waals surface area contributed by atoms with Gasteiger partial charge in [0.25, 0.3) is 0 Å². The maximum atomic E-state index is 13.1. The van der Waals surface area contributed by atoms with Gasteiger partial charge >= 0.3 is 5.97 Å². The number of aliphatic carboxylic acids is 1. The first-order valence-electron chi connectivity index (χ1n) is 11.8. The quantitative estimate of drug-likeness (QED) is 0.256. The van der Waals surface area contributed by atoms with Crippen molar-refractivity contribution in [1.29, 1.82) is 2.67 Å². The van der Waals surface area contributed by atoms with Crippen molar-refractivity contribution >= 4 is 36.7 Å². The van der Waals surface area contributed by atoms with E-state index in [0.29, 0.717) is 18.3 Å². The average Bonchev–Trinajstić information content (AvgIpc) is 2.76. The molecule has 0 aromatic heterocycles. The molecule has 1 aromatic rings. The number of carbonyl (C=O) groups excluding carboxylic acids is 2. The van der Waals surface area contributed by atoms with Crippen LogP contribution >= 0.6 is 11.9 Å². The number of carboxylic acids is 1. The Morgan fingerprint density at radius 1 is 1.29 bits per heavy atom. The van der Waals surface area contributed by atoms with Gasteiger partial charge in [0, 0.05) is 18.3 Å². The van der Waals surface area contributed by atoms with E-state index in [-0.39, 0.29) is 12.3 Å². The Balaban J connectivity index is 2.13. The predicted octanol–water partition coefficient (Wildman–Crippen LogP) is 2.22. The van der Waals surface area contributed by atoms with Gasteiger partial charge in [0.05, 0.1) is 0 Å². The zero-order valence-corrected chi connectivity index (χ0v) is 19.2. The molecular weight excluding hydrogens is 415 g/mol. The number of carbonyl (C=O) groups is 3. The minimum Gasteiger partial charge on any atom is -0.480 e. The fourth-order valence-electron chi connectivity index (χ4n) is 4.14. The Morgan fingerprint density at radius 2 is 2.03 bits per heavy atom. The van der Waals surface area contributed by atoms with E-state index in [1.807, 2.05) is 26.0 Å². The molecule has 3 unspecified atom stereocenters. The minimum absolute atomic E-state index is 0.0987. The van der Waals surface area contributed by atoms with Crippen LogP contribution in [0.25, 0.3) is 0 Å². The number of rotatable bonds is 12. The van der Waals surface area contributed by atoms with Crippen molar-refractivity contribution in [3.8, 4) is 0 Å². The normalized spacial score (nSPS) is 16.9. The Bertz CT molecular complexity index is 843. The number of hydrogen-bond acceptors (Lipinski definition) is 5. The fraction of sp³-hybridized carbons (Fsp3) is 0.591. The largest absolute Gasteiger partial charge is 0.480 e. The van der Waals surface area contributed by atoms with Gasteiger partial charge in [-0.2, -0.15) is 0 Å². The van der Waals surface area contributed by atoms with Crippen LogP contribution < -0.4 is 10.8 Å². The first-order valence-corrected chi connectivity index (χ1v) is 11.5. The van der Waals surface area contributed by atoms with Gasteiger partial charge in [0.2, 0.25) is 18.9 Å². The molecule has 1 aromatic carbocycles. The number of nitrogens with one attached hydrogen (secondary N) is 2. The number of hydroxylamine groups is 1. The van der Waals surface area contributed by atoms with E-state index in [9.17, 15) is 19.5 Å². The van der Waals surface area contributed by atoms with E-state index in [1.54, 1.807) is 6.92 Å². The van der Waals surface area contributed by atoms with E-state index < -0.39 is 42.7 Å². The molecule has 9 heteroatoms.